The molecular weight excluding hydrogens is 1180 g/mol. The Hall–Kier alpha value is -10.8. The van der Waals surface area contributed by atoms with E-state index in [4.69, 9.17) is 43.7 Å². The molecule has 0 aromatic carbocycles. The molecule has 1 amide bonds. The van der Waals surface area contributed by atoms with Crippen LogP contribution < -0.4 is 54.1 Å². The van der Waals surface area contributed by atoms with Gasteiger partial charge in [-0.3, -0.25) is 47.4 Å². The molecule has 0 atom stereocenters. The number of nitrogens with two attached hydrogens (primary N) is 1. The highest BCUT2D eigenvalue weighted by Crippen LogP contribution is 2.16. The Balaban J connectivity index is -0.000000914. The molecule has 0 saturated carbocycles. The molecule has 4 N–H and O–H groups in total. The minimum absolute atomic E-state index is 0. The molecule has 0 unspecified atom stereocenters. The molecule has 8 rings (SSSR count). The molecule has 0 aliphatic carbocycles. The maximum atomic E-state index is 11.4. The van der Waals surface area contributed by atoms with Gasteiger partial charge in [0.2, 0.25) is 11.8 Å². The fourth-order valence-electron chi connectivity index (χ4n) is 5.36. The highest BCUT2D eigenvalue weighted by Gasteiger charge is 2.07. The molecule has 0 spiro atoms. The molecule has 8 aromatic heterocycles. The van der Waals surface area contributed by atoms with E-state index in [0.717, 1.165) is 17.7 Å². The number of imidazole rings is 4. The summed E-state index contributed by atoms with van der Waals surface area (Å²) in [6, 6.07) is 24.4. The summed E-state index contributed by atoms with van der Waals surface area (Å²) in [7, 11) is 0. The van der Waals surface area contributed by atoms with Gasteiger partial charge in [0.1, 0.15) is 44.6 Å². The lowest BCUT2D eigenvalue weighted by Gasteiger charge is -2.01. The van der Waals surface area contributed by atoms with E-state index in [0.29, 0.717) is 19.6 Å². The largest absolute Gasteiger partial charge is 1.00 e. The summed E-state index contributed by atoms with van der Waals surface area (Å²) in [4.78, 5) is 79.4. The fraction of sp³-hybridized carbons (Fsp3) is 0.204. The molecule has 26 nitrogen and oxygen atoms in total. The number of nitrogens with zero attached hydrogens (tertiary/aromatic N) is 18. The van der Waals surface area contributed by atoms with E-state index in [-0.39, 0.29) is 84.5 Å². The smallest absolute Gasteiger partial charge is 0.338 e. The van der Waals surface area contributed by atoms with Crippen molar-refractivity contribution in [3.63, 3.8) is 0 Å². The monoisotopic (exact) mass is 1240 g/mol. The second-order valence-corrected chi connectivity index (χ2v) is 14.4. The average molecular weight is 1240 g/mol. The van der Waals surface area contributed by atoms with E-state index in [1.165, 1.54) is 99.4 Å². The third kappa shape index (κ3) is 33.4. The summed E-state index contributed by atoms with van der Waals surface area (Å²) in [6.45, 7) is 12.1. The Morgan fingerprint density at radius 3 is 1.17 bits per heavy atom. The van der Waals surface area contributed by atoms with Gasteiger partial charge in [-0.2, -0.15) is 26.3 Å². The molecule has 424 valence electrons. The lowest BCUT2D eigenvalue weighted by Crippen LogP contribution is -3.00. The molecule has 0 aliphatic rings. The van der Waals surface area contributed by atoms with Crippen LogP contribution in [-0.4, -0.2) is 103 Å². The SMILES string of the molecule is C.CC#N.CC#N.N#CCC(=O)O.N#CCC(=O)n1ccnc1.N#CCC(=O)n1ccnc1.NCC[n+]1ccc(-c2ccncc2)cc1.O=C(n1ccnc1)n1ccnc1.[Br-].[Br-].[C-]#[N+]CC(=O)NCC[n+]1ccc(-c2ccncc2)cc1. The number of carboxylic acid groups (broad SMARTS) is 1. The third-order valence-corrected chi connectivity index (χ3v) is 8.84. The second-order valence-electron chi connectivity index (χ2n) is 14.4. The summed E-state index contributed by atoms with van der Waals surface area (Å²) in [5, 5.41) is 48.9. The van der Waals surface area contributed by atoms with Crippen LogP contribution in [0.25, 0.3) is 27.1 Å². The van der Waals surface area contributed by atoms with Crippen molar-refractivity contribution in [2.24, 2.45) is 5.73 Å². The number of carbonyl (C=O) groups excluding carboxylic acids is 4. The summed E-state index contributed by atoms with van der Waals surface area (Å²) in [5.74, 6) is -1.80. The third-order valence-electron chi connectivity index (χ3n) is 8.84. The van der Waals surface area contributed by atoms with E-state index in [2.05, 4.69) is 56.8 Å². The van der Waals surface area contributed by atoms with Crippen LogP contribution in [0.5, 0.6) is 0 Å². The topological polar surface area (TPSA) is 372 Å². The summed E-state index contributed by atoms with van der Waals surface area (Å²) >= 11 is 0. The van der Waals surface area contributed by atoms with Gasteiger partial charge < -0.3 is 55.0 Å². The van der Waals surface area contributed by atoms with Gasteiger partial charge in [0.25, 0.3) is 12.5 Å². The molecule has 0 aliphatic heterocycles. The number of pyridine rings is 4. The highest BCUT2D eigenvalue weighted by molar-refractivity contribution is 5.81. The van der Waals surface area contributed by atoms with Gasteiger partial charge in [-0.1, -0.05) is 7.43 Å². The number of hydrogen-bond donors (Lipinski definition) is 3. The number of carboxylic acids is 1. The van der Waals surface area contributed by atoms with Gasteiger partial charge in [-0.15, -0.1) is 0 Å². The van der Waals surface area contributed by atoms with Gasteiger partial charge >= 0.3 is 12.0 Å². The first-order valence-electron chi connectivity index (χ1n) is 22.9. The van der Waals surface area contributed by atoms with Crippen molar-refractivity contribution in [1.82, 2.24) is 53.5 Å². The number of aromatic nitrogens is 12. The molecule has 82 heavy (non-hydrogen) atoms. The van der Waals surface area contributed by atoms with E-state index < -0.39 is 12.4 Å². The number of nitrogens with one attached hydrogen (secondary N) is 1. The Morgan fingerprint density at radius 2 is 0.890 bits per heavy atom. The van der Waals surface area contributed by atoms with Crippen molar-refractivity contribution in [3.8, 4) is 52.6 Å². The Morgan fingerprint density at radius 1 is 0.561 bits per heavy atom. The number of carbonyl (C=O) groups is 5. The Labute approximate surface area is 495 Å². The first kappa shape index (κ1) is 75.5. The highest BCUT2D eigenvalue weighted by atomic mass is 79.9. The molecule has 8 heterocycles. The fourth-order valence-corrected chi connectivity index (χ4v) is 5.36. The van der Waals surface area contributed by atoms with E-state index in [1.54, 1.807) is 73.9 Å². The van der Waals surface area contributed by atoms with E-state index in [1.807, 2.05) is 65.8 Å². The number of nitriles is 5. The number of aliphatic carboxylic acids is 1. The van der Waals surface area contributed by atoms with Crippen LogP contribution in [0.4, 0.5) is 4.79 Å². The average Bonchev–Trinajstić information content (AvgIpc) is 4.35. The molecule has 0 bridgehead atoms. The Kier molecular flexibility index (Phi) is 44.7. The zero-order valence-corrected chi connectivity index (χ0v) is 46.9. The first-order chi connectivity index (χ1) is 38.4. The van der Waals surface area contributed by atoms with Gasteiger partial charge in [-0.25, -0.2) is 40.4 Å². The van der Waals surface area contributed by atoms with Crippen molar-refractivity contribution in [3.05, 3.63) is 184 Å². The lowest BCUT2D eigenvalue weighted by molar-refractivity contribution is -0.694. The van der Waals surface area contributed by atoms with Crippen LogP contribution in [0.3, 0.4) is 0 Å². The molecule has 8 aromatic rings. The number of amides is 1. The van der Waals surface area contributed by atoms with Crippen LogP contribution in [-0.2, 0) is 22.7 Å². The van der Waals surface area contributed by atoms with Crippen LogP contribution in [0.15, 0.2) is 173 Å². The summed E-state index contributed by atoms with van der Waals surface area (Å²) < 4.78 is 9.38. The molecule has 28 heteroatoms. The van der Waals surface area contributed by atoms with Crippen molar-refractivity contribution >= 4 is 29.7 Å². The van der Waals surface area contributed by atoms with Gasteiger partial charge in [0, 0.05) is 112 Å². The number of hydrogen-bond acceptors (Lipinski definition) is 17. The second kappa shape index (κ2) is 48.6. The zero-order chi connectivity index (χ0) is 58.3. The lowest BCUT2D eigenvalue weighted by atomic mass is 10.1. The van der Waals surface area contributed by atoms with Crippen molar-refractivity contribution < 1.29 is 72.2 Å². The van der Waals surface area contributed by atoms with Crippen LogP contribution in [0.2, 0.25) is 0 Å². The zero-order valence-electron chi connectivity index (χ0n) is 43.7. The number of rotatable bonds is 11. The predicted octanol–water partition coefficient (Wildman–Crippen LogP) is -0.775. The van der Waals surface area contributed by atoms with Crippen LogP contribution >= 0.6 is 0 Å². The minimum Gasteiger partial charge on any atom is -1.00 e. The quantitative estimate of drug-likeness (QED) is 0.106. The standard InChI is InChI=1S/C15H14N4O.C12H14N3.C7H6N4O.2C6H5N3O.C3H3NO2.2C2H3N.CH4.2BrH/c1-16-12-15(20)18-8-11-19-9-4-14(5-10-19)13-2-6-17-7-3-13;13-5-10-15-8-3-12(4-9-15)11-1-6-14-7-2-11;12-7(10-3-1-8-5-10)11-4-2-9-6-11;2*7-2-1-6(10)9-4-3-8-5-9;4-2-1-3(5)6;2*1-2-3;;;/h2-7,9-10H,8,11-12H2;1-4,6-9H,5,10,13H2;1-6H;2*3-5H,1H2;1H2,(H,5,6);2*1H3;1H4;2*1H/q;+1;;;;;;;;;/p-1. The van der Waals surface area contributed by atoms with Crippen molar-refractivity contribution in [2.75, 3.05) is 19.6 Å². The van der Waals surface area contributed by atoms with Gasteiger partial charge in [0.15, 0.2) is 37.9 Å². The minimum atomic E-state index is -1.07. The maximum absolute atomic E-state index is 11.4. The summed E-state index contributed by atoms with van der Waals surface area (Å²) in [5.41, 5.74) is 10.1. The van der Waals surface area contributed by atoms with Crippen LogP contribution in [0.1, 0.15) is 50.1 Å². The van der Waals surface area contributed by atoms with E-state index in [9.17, 15) is 24.0 Å². The first-order valence-corrected chi connectivity index (χ1v) is 22.9. The number of halogens is 2. The van der Waals surface area contributed by atoms with Gasteiger partial charge in [0.05, 0.1) is 43.4 Å². The predicted molar refractivity (Wildman–Crippen MR) is 287 cm³/mol. The normalized spacial score (nSPS) is 8.50. The van der Waals surface area contributed by atoms with Crippen LogP contribution in [0, 0.1) is 63.2 Å². The molecule has 0 saturated heterocycles. The molecular formula is C54H58Br2N20O6. The molecule has 0 fully saturated rings. The Bertz CT molecular complexity index is 3130. The maximum Gasteiger partial charge on any atom is 0.338 e. The molecule has 0 radical (unpaired) electrons. The summed E-state index contributed by atoms with van der Waals surface area (Å²) in [6.07, 6.45) is 32.5. The van der Waals surface area contributed by atoms with Gasteiger partial charge in [-0.05, 0) is 46.5 Å². The van der Waals surface area contributed by atoms with Crippen molar-refractivity contribution in [2.45, 2.75) is 53.6 Å². The van der Waals surface area contributed by atoms with E-state index >= 15 is 0 Å². The van der Waals surface area contributed by atoms with Crippen molar-refractivity contribution in [1.29, 1.82) is 26.3 Å².